The van der Waals surface area contributed by atoms with Crippen LogP contribution in [0.25, 0.3) is 6.08 Å². The average Bonchev–Trinajstić information content (AvgIpc) is 2.77. The maximum atomic E-state index is 14.1. The van der Waals surface area contributed by atoms with E-state index < -0.39 is 11.7 Å². The van der Waals surface area contributed by atoms with Gasteiger partial charge in [0.05, 0.1) is 12.2 Å². The molecule has 156 valence electrons. The third kappa shape index (κ3) is 4.78. The molecule has 0 spiro atoms. The van der Waals surface area contributed by atoms with Crippen molar-refractivity contribution in [1.82, 2.24) is 0 Å². The number of fused-ring (bicyclic) bond motifs is 1. The van der Waals surface area contributed by atoms with E-state index in [1.54, 1.807) is 54.6 Å². The Hall–Kier alpha value is -4.00. The smallest absolute Gasteiger partial charge is 0.265 e. The molecular formula is C24H18F2N2O3. The molecule has 1 N–H and O–H groups in total. The summed E-state index contributed by atoms with van der Waals surface area (Å²) in [4.78, 5) is 26.1. The van der Waals surface area contributed by atoms with Gasteiger partial charge in [-0.3, -0.25) is 9.59 Å². The van der Waals surface area contributed by atoms with Crippen LogP contribution in [-0.4, -0.2) is 18.4 Å². The fraction of sp³-hybridized carbons (Fsp3) is 0.0833. The number of hydrogen-bond donors (Lipinski definition) is 1. The number of halogens is 2. The van der Waals surface area contributed by atoms with Crippen molar-refractivity contribution in [3.8, 4) is 5.75 Å². The minimum atomic E-state index is -0.404. The van der Waals surface area contributed by atoms with Crippen molar-refractivity contribution < 1.29 is 23.1 Å². The Morgan fingerprint density at radius 1 is 1.06 bits per heavy atom. The summed E-state index contributed by atoms with van der Waals surface area (Å²) in [6.07, 6.45) is 2.88. The molecule has 0 atom stereocenters. The first-order valence-corrected chi connectivity index (χ1v) is 9.55. The second-order valence-electron chi connectivity index (χ2n) is 6.92. The second-order valence-corrected chi connectivity index (χ2v) is 6.92. The molecule has 2 amide bonds. The van der Waals surface area contributed by atoms with Crippen molar-refractivity contribution in [2.45, 2.75) is 6.54 Å². The van der Waals surface area contributed by atoms with Gasteiger partial charge in [-0.2, -0.15) is 0 Å². The van der Waals surface area contributed by atoms with Crippen LogP contribution in [0.3, 0.4) is 0 Å². The first kappa shape index (κ1) is 20.3. The second kappa shape index (κ2) is 8.79. The molecule has 1 aliphatic heterocycles. The Morgan fingerprint density at radius 2 is 1.84 bits per heavy atom. The molecule has 1 heterocycles. The molecule has 0 radical (unpaired) electrons. The van der Waals surface area contributed by atoms with Crippen LogP contribution in [0.15, 0.2) is 72.8 Å². The number of anilines is 2. The van der Waals surface area contributed by atoms with Crippen LogP contribution in [0.1, 0.15) is 11.1 Å². The third-order valence-electron chi connectivity index (χ3n) is 4.75. The van der Waals surface area contributed by atoms with Crippen molar-refractivity contribution in [1.29, 1.82) is 0 Å². The van der Waals surface area contributed by atoms with E-state index in [0.29, 0.717) is 28.3 Å². The maximum Gasteiger partial charge on any atom is 0.265 e. The summed E-state index contributed by atoms with van der Waals surface area (Å²) in [6.45, 7) is -0.0999. The largest absolute Gasteiger partial charge is 0.482 e. The number of ether oxygens (including phenoxy) is 1. The van der Waals surface area contributed by atoms with Crippen molar-refractivity contribution in [2.24, 2.45) is 0 Å². The van der Waals surface area contributed by atoms with Gasteiger partial charge in [-0.25, -0.2) is 8.78 Å². The van der Waals surface area contributed by atoms with Crippen LogP contribution in [0.5, 0.6) is 5.75 Å². The molecule has 3 aromatic carbocycles. The number of amides is 2. The van der Waals surface area contributed by atoms with E-state index in [2.05, 4.69) is 5.32 Å². The summed E-state index contributed by atoms with van der Waals surface area (Å²) in [5, 5.41) is 2.72. The number of nitrogens with zero attached hydrogens (tertiary/aromatic N) is 1. The van der Waals surface area contributed by atoms with E-state index >= 15 is 0 Å². The summed E-state index contributed by atoms with van der Waals surface area (Å²) in [6, 6.07) is 16.9. The molecule has 0 aromatic heterocycles. The number of rotatable bonds is 5. The van der Waals surface area contributed by atoms with E-state index in [9.17, 15) is 18.4 Å². The summed E-state index contributed by atoms with van der Waals surface area (Å²) in [5.74, 6) is -0.995. The molecule has 0 aliphatic carbocycles. The molecule has 3 aromatic rings. The van der Waals surface area contributed by atoms with Gasteiger partial charge in [0.25, 0.3) is 5.91 Å². The van der Waals surface area contributed by atoms with Crippen LogP contribution in [0.4, 0.5) is 20.2 Å². The van der Waals surface area contributed by atoms with E-state index in [0.717, 1.165) is 0 Å². The normalized spacial score (nSPS) is 13.1. The van der Waals surface area contributed by atoms with Gasteiger partial charge in [-0.1, -0.05) is 30.3 Å². The molecule has 7 heteroatoms. The SMILES string of the molecule is O=C(/C=C/c1ccc(F)cc1)Nc1ccc2c(c1)N(Cc1ccccc1F)C(=O)CO2. The molecule has 0 saturated heterocycles. The molecule has 4 rings (SSSR count). The van der Waals surface area contributed by atoms with Crippen molar-refractivity contribution >= 4 is 29.3 Å². The van der Waals surface area contributed by atoms with E-state index in [4.69, 9.17) is 4.74 Å². The number of carbonyl (C=O) groups excluding carboxylic acids is 2. The number of benzene rings is 3. The van der Waals surface area contributed by atoms with E-state index in [1.165, 1.54) is 29.2 Å². The Morgan fingerprint density at radius 3 is 2.61 bits per heavy atom. The van der Waals surface area contributed by atoms with Crippen LogP contribution < -0.4 is 15.0 Å². The highest BCUT2D eigenvalue weighted by atomic mass is 19.1. The highest BCUT2D eigenvalue weighted by Crippen LogP contribution is 2.35. The van der Waals surface area contributed by atoms with E-state index in [1.807, 2.05) is 0 Å². The predicted octanol–water partition coefficient (Wildman–Crippen LogP) is 4.54. The van der Waals surface area contributed by atoms with Crippen LogP contribution >= 0.6 is 0 Å². The van der Waals surface area contributed by atoms with Crippen LogP contribution in [0, 0.1) is 11.6 Å². The van der Waals surface area contributed by atoms with Gasteiger partial charge in [0.1, 0.15) is 17.4 Å². The highest BCUT2D eigenvalue weighted by Gasteiger charge is 2.26. The Labute approximate surface area is 177 Å². The average molecular weight is 420 g/mol. The number of nitrogens with one attached hydrogen (secondary N) is 1. The molecule has 0 saturated carbocycles. The zero-order valence-electron chi connectivity index (χ0n) is 16.3. The Balaban J connectivity index is 1.53. The first-order chi connectivity index (χ1) is 15.0. The fourth-order valence-corrected chi connectivity index (χ4v) is 3.18. The van der Waals surface area contributed by atoms with Crippen molar-refractivity contribution in [3.05, 3.63) is 95.6 Å². The van der Waals surface area contributed by atoms with Gasteiger partial charge in [-0.05, 0) is 48.0 Å². The quantitative estimate of drug-likeness (QED) is 0.617. The summed E-state index contributed by atoms with van der Waals surface area (Å²) >= 11 is 0. The first-order valence-electron chi connectivity index (χ1n) is 9.55. The van der Waals surface area contributed by atoms with Crippen LogP contribution in [0.2, 0.25) is 0 Å². The van der Waals surface area contributed by atoms with Crippen molar-refractivity contribution in [2.75, 3.05) is 16.8 Å². The van der Waals surface area contributed by atoms with Crippen LogP contribution in [-0.2, 0) is 16.1 Å². The topological polar surface area (TPSA) is 58.6 Å². The zero-order chi connectivity index (χ0) is 21.8. The molecule has 0 fully saturated rings. The molecule has 31 heavy (non-hydrogen) atoms. The summed E-state index contributed by atoms with van der Waals surface area (Å²) < 4.78 is 32.5. The molecule has 0 unspecified atom stereocenters. The lowest BCUT2D eigenvalue weighted by Crippen LogP contribution is -2.38. The Kier molecular flexibility index (Phi) is 5.75. The Bertz CT molecular complexity index is 1160. The molecular weight excluding hydrogens is 402 g/mol. The van der Waals surface area contributed by atoms with Gasteiger partial charge >= 0.3 is 0 Å². The minimum Gasteiger partial charge on any atom is -0.482 e. The maximum absolute atomic E-state index is 14.1. The van der Waals surface area contributed by atoms with Gasteiger partial charge < -0.3 is 15.0 Å². The minimum absolute atomic E-state index is 0.0454. The number of carbonyl (C=O) groups is 2. The number of hydrogen-bond acceptors (Lipinski definition) is 3. The van der Waals surface area contributed by atoms with Gasteiger partial charge in [0.15, 0.2) is 6.61 Å². The standard InChI is InChI=1S/C24H18F2N2O3/c25-18-8-5-16(6-9-18)7-12-23(29)27-19-10-11-22-21(13-19)28(24(30)15-31-22)14-17-3-1-2-4-20(17)26/h1-13H,14-15H2,(H,27,29)/b12-7+. The lowest BCUT2D eigenvalue weighted by atomic mass is 10.1. The lowest BCUT2D eigenvalue weighted by molar-refractivity contribution is -0.121. The predicted molar refractivity (Wildman–Crippen MR) is 114 cm³/mol. The summed E-state index contributed by atoms with van der Waals surface area (Å²) in [7, 11) is 0. The zero-order valence-corrected chi connectivity index (χ0v) is 16.3. The highest BCUT2D eigenvalue weighted by molar-refractivity contribution is 6.03. The van der Waals surface area contributed by atoms with Gasteiger partial charge in [0, 0.05) is 17.3 Å². The summed E-state index contributed by atoms with van der Waals surface area (Å²) in [5.41, 5.74) is 1.95. The lowest BCUT2D eigenvalue weighted by Gasteiger charge is -2.30. The van der Waals surface area contributed by atoms with Crippen molar-refractivity contribution in [3.63, 3.8) is 0 Å². The third-order valence-corrected chi connectivity index (χ3v) is 4.75. The fourth-order valence-electron chi connectivity index (χ4n) is 3.18. The van der Waals surface area contributed by atoms with E-state index in [-0.39, 0.29) is 24.9 Å². The molecule has 1 aliphatic rings. The molecule has 0 bridgehead atoms. The monoisotopic (exact) mass is 420 g/mol. The van der Waals surface area contributed by atoms with Gasteiger partial charge in [-0.15, -0.1) is 0 Å². The van der Waals surface area contributed by atoms with Gasteiger partial charge in [0.2, 0.25) is 5.91 Å². The molecule has 5 nitrogen and oxygen atoms in total.